The van der Waals surface area contributed by atoms with Crippen LogP contribution in [0.5, 0.6) is 0 Å². The number of carboxylic acids is 1. The van der Waals surface area contributed by atoms with Crippen LogP contribution in [0.25, 0.3) is 0 Å². The molecule has 4 fully saturated rings. The molecule has 0 saturated heterocycles. The predicted octanol–water partition coefficient (Wildman–Crippen LogP) is 2.99. The molecule has 4 saturated carbocycles. The van der Waals surface area contributed by atoms with E-state index in [1.54, 1.807) is 0 Å². The molecule has 4 aliphatic rings. The maximum Gasteiger partial charge on any atom is 0.304 e. The van der Waals surface area contributed by atoms with Crippen molar-refractivity contribution >= 4 is 17.5 Å². The van der Waals surface area contributed by atoms with Crippen LogP contribution in [0, 0.1) is 27.6 Å². The smallest absolute Gasteiger partial charge is 0.304 e. The maximum atomic E-state index is 12.6. The van der Waals surface area contributed by atoms with E-state index in [2.05, 4.69) is 13.8 Å². The number of aliphatic carboxylic acids is 1. The van der Waals surface area contributed by atoms with Crippen molar-refractivity contribution in [1.29, 1.82) is 0 Å². The van der Waals surface area contributed by atoms with E-state index in [1.807, 2.05) is 0 Å². The summed E-state index contributed by atoms with van der Waals surface area (Å²) in [5, 5.41) is 9.30. The van der Waals surface area contributed by atoms with Crippen LogP contribution in [0.2, 0.25) is 0 Å². The van der Waals surface area contributed by atoms with Gasteiger partial charge in [-0.25, -0.2) is 0 Å². The summed E-state index contributed by atoms with van der Waals surface area (Å²) in [6, 6.07) is 0. The molecule has 0 amide bonds. The molecule has 0 heterocycles. The molecule has 0 aromatic rings. The lowest BCUT2D eigenvalue weighted by molar-refractivity contribution is -0.153. The first kappa shape index (κ1) is 14.4. The summed E-state index contributed by atoms with van der Waals surface area (Å²) in [6.07, 6.45) is 5.32. The van der Waals surface area contributed by atoms with Crippen molar-refractivity contribution in [1.82, 2.24) is 0 Å². The van der Waals surface area contributed by atoms with Gasteiger partial charge in [-0.1, -0.05) is 13.8 Å². The third kappa shape index (κ3) is 1.30. The van der Waals surface area contributed by atoms with Crippen molar-refractivity contribution in [2.75, 3.05) is 0 Å². The molecule has 4 rings (SSSR count). The number of carbonyl (C=O) groups excluding carboxylic acids is 2. The van der Waals surface area contributed by atoms with Gasteiger partial charge in [-0.05, 0) is 48.9 Å². The van der Waals surface area contributed by atoms with Crippen molar-refractivity contribution in [3.63, 3.8) is 0 Å². The minimum Gasteiger partial charge on any atom is -0.481 e. The first-order valence-electron chi connectivity index (χ1n) is 8.50. The van der Waals surface area contributed by atoms with Gasteiger partial charge >= 0.3 is 5.97 Å². The highest BCUT2D eigenvalue weighted by molar-refractivity contribution is 5.94. The van der Waals surface area contributed by atoms with E-state index in [0.29, 0.717) is 24.5 Å². The fraction of sp³-hybridized carbons (Fsp3) is 0.833. The molecular weight excluding hydrogens is 280 g/mol. The fourth-order valence-corrected chi connectivity index (χ4v) is 6.84. The molecule has 1 N–H and O–H groups in total. The largest absolute Gasteiger partial charge is 0.481 e. The second-order valence-corrected chi connectivity index (χ2v) is 8.67. The summed E-state index contributed by atoms with van der Waals surface area (Å²) < 4.78 is 0. The molecule has 120 valence electrons. The van der Waals surface area contributed by atoms with Crippen LogP contribution in [-0.2, 0) is 14.4 Å². The molecule has 0 bridgehead atoms. The number of Topliss-reactive ketones (excluding diaryl/α,β-unsaturated/α-hetero) is 2. The van der Waals surface area contributed by atoms with E-state index >= 15 is 0 Å². The SMILES string of the molecule is CC12CCC34CC3(CC(=O)O)C(=O)CCC4C1(C)CCC2=O. The fourth-order valence-electron chi connectivity index (χ4n) is 6.84. The highest BCUT2D eigenvalue weighted by Crippen LogP contribution is 2.83. The van der Waals surface area contributed by atoms with Gasteiger partial charge in [0, 0.05) is 23.7 Å². The van der Waals surface area contributed by atoms with E-state index in [4.69, 9.17) is 0 Å². The summed E-state index contributed by atoms with van der Waals surface area (Å²) in [4.78, 5) is 36.4. The Morgan fingerprint density at radius 3 is 2.55 bits per heavy atom. The van der Waals surface area contributed by atoms with Gasteiger partial charge < -0.3 is 5.11 Å². The highest BCUT2D eigenvalue weighted by atomic mass is 16.4. The molecule has 4 aliphatic carbocycles. The molecule has 0 aromatic carbocycles. The monoisotopic (exact) mass is 304 g/mol. The Kier molecular flexibility index (Phi) is 2.50. The maximum absolute atomic E-state index is 12.6. The minimum absolute atomic E-state index is 0.0108. The Hall–Kier alpha value is -1.19. The van der Waals surface area contributed by atoms with E-state index in [0.717, 1.165) is 32.1 Å². The number of hydrogen-bond donors (Lipinski definition) is 1. The summed E-state index contributed by atoms with van der Waals surface area (Å²) >= 11 is 0. The number of ketones is 2. The normalized spacial score (nSPS) is 52.7. The Morgan fingerprint density at radius 1 is 1.14 bits per heavy atom. The van der Waals surface area contributed by atoms with Crippen molar-refractivity contribution in [3.8, 4) is 0 Å². The topological polar surface area (TPSA) is 71.4 Å². The number of carboxylic acid groups (broad SMARTS) is 1. The lowest BCUT2D eigenvalue weighted by atomic mass is 9.46. The molecule has 5 atom stereocenters. The van der Waals surface area contributed by atoms with Crippen LogP contribution in [-0.4, -0.2) is 22.6 Å². The van der Waals surface area contributed by atoms with E-state index in [9.17, 15) is 19.5 Å². The Bertz CT molecular complexity index is 610. The zero-order valence-corrected chi connectivity index (χ0v) is 13.4. The second kappa shape index (κ2) is 3.82. The summed E-state index contributed by atoms with van der Waals surface area (Å²) in [6.45, 7) is 4.36. The number of carbonyl (C=O) groups is 3. The molecule has 1 spiro atoms. The van der Waals surface area contributed by atoms with Gasteiger partial charge in [0.05, 0.1) is 6.42 Å². The van der Waals surface area contributed by atoms with Crippen LogP contribution < -0.4 is 0 Å². The van der Waals surface area contributed by atoms with Gasteiger partial charge in [0.2, 0.25) is 0 Å². The van der Waals surface area contributed by atoms with E-state index < -0.39 is 11.4 Å². The minimum atomic E-state index is -0.855. The average Bonchev–Trinajstić information content (AvgIpc) is 3.03. The van der Waals surface area contributed by atoms with Gasteiger partial charge in [-0.3, -0.25) is 14.4 Å². The van der Waals surface area contributed by atoms with Crippen molar-refractivity contribution in [2.24, 2.45) is 27.6 Å². The van der Waals surface area contributed by atoms with Gasteiger partial charge in [-0.15, -0.1) is 0 Å². The van der Waals surface area contributed by atoms with E-state index in [1.165, 1.54) is 0 Å². The Balaban J connectivity index is 1.78. The summed E-state index contributed by atoms with van der Waals surface area (Å²) in [7, 11) is 0. The zero-order valence-electron chi connectivity index (χ0n) is 13.4. The molecule has 22 heavy (non-hydrogen) atoms. The molecular formula is C18H24O4. The molecule has 0 aliphatic heterocycles. The Morgan fingerprint density at radius 2 is 1.86 bits per heavy atom. The van der Waals surface area contributed by atoms with Crippen LogP contribution in [0.1, 0.15) is 65.2 Å². The Labute approximate surface area is 130 Å². The third-order valence-electron chi connectivity index (χ3n) is 8.35. The van der Waals surface area contributed by atoms with Gasteiger partial charge in [-0.2, -0.15) is 0 Å². The molecule has 0 aromatic heterocycles. The van der Waals surface area contributed by atoms with E-state index in [-0.39, 0.29) is 28.4 Å². The second-order valence-electron chi connectivity index (χ2n) is 8.67. The third-order valence-corrected chi connectivity index (χ3v) is 8.35. The zero-order chi connectivity index (χ0) is 16.0. The first-order valence-corrected chi connectivity index (χ1v) is 8.50. The van der Waals surface area contributed by atoms with Crippen molar-refractivity contribution in [2.45, 2.75) is 65.2 Å². The molecule has 4 heteroatoms. The number of hydrogen-bond acceptors (Lipinski definition) is 3. The highest BCUT2D eigenvalue weighted by Gasteiger charge is 2.81. The van der Waals surface area contributed by atoms with Gasteiger partial charge in [0.25, 0.3) is 0 Å². The molecule has 0 radical (unpaired) electrons. The number of rotatable bonds is 2. The average molecular weight is 304 g/mol. The lowest BCUT2D eigenvalue weighted by Crippen LogP contribution is -2.54. The van der Waals surface area contributed by atoms with Crippen molar-refractivity contribution in [3.05, 3.63) is 0 Å². The quantitative estimate of drug-likeness (QED) is 0.851. The predicted molar refractivity (Wildman–Crippen MR) is 79.2 cm³/mol. The van der Waals surface area contributed by atoms with Crippen LogP contribution in [0.15, 0.2) is 0 Å². The van der Waals surface area contributed by atoms with Gasteiger partial charge in [0.1, 0.15) is 11.6 Å². The number of fused-ring (bicyclic) bond motifs is 2. The van der Waals surface area contributed by atoms with Crippen LogP contribution in [0.4, 0.5) is 0 Å². The molecule has 4 nitrogen and oxygen atoms in total. The lowest BCUT2D eigenvalue weighted by Gasteiger charge is -2.56. The molecule has 5 unspecified atom stereocenters. The van der Waals surface area contributed by atoms with Crippen molar-refractivity contribution < 1.29 is 19.5 Å². The van der Waals surface area contributed by atoms with Crippen LogP contribution in [0.3, 0.4) is 0 Å². The standard InChI is InChI=1S/C18H24O4/c1-15-6-5-12(19)16(15,2)7-8-17-10-18(17,9-14(21)22)13(20)4-3-11(15)17/h11H,3-10H2,1-2H3,(H,21,22). The van der Waals surface area contributed by atoms with Crippen LogP contribution >= 0.6 is 0 Å². The first-order chi connectivity index (χ1) is 10.2. The van der Waals surface area contributed by atoms with Gasteiger partial charge in [0.15, 0.2) is 0 Å². The summed E-state index contributed by atoms with van der Waals surface area (Å²) in [5.74, 6) is 0.0306. The summed E-state index contributed by atoms with van der Waals surface area (Å²) in [5.41, 5.74) is -1.05.